The van der Waals surface area contributed by atoms with Crippen molar-refractivity contribution in [2.45, 2.75) is 19.0 Å². The second kappa shape index (κ2) is 6.36. The Bertz CT molecular complexity index is 479. The van der Waals surface area contributed by atoms with Crippen LogP contribution >= 0.6 is 15.9 Å². The van der Waals surface area contributed by atoms with Crippen molar-refractivity contribution in [1.82, 2.24) is 5.32 Å². The molecule has 1 aromatic rings. The Morgan fingerprint density at radius 1 is 1.63 bits per heavy atom. The summed E-state index contributed by atoms with van der Waals surface area (Å²) >= 11 is 3.48. The molecule has 1 atom stereocenters. The minimum atomic E-state index is -0.499. The van der Waals surface area contributed by atoms with E-state index in [1.54, 1.807) is 0 Å². The molecule has 104 valence electrons. The Kier molecular flexibility index (Phi) is 4.79. The van der Waals surface area contributed by atoms with Gasteiger partial charge in [0.25, 0.3) is 0 Å². The van der Waals surface area contributed by atoms with Crippen LogP contribution in [-0.4, -0.2) is 32.3 Å². The third kappa shape index (κ3) is 3.26. The Balaban J connectivity index is 2.09. The highest BCUT2D eigenvalue weighted by atomic mass is 79.9. The summed E-state index contributed by atoms with van der Waals surface area (Å²) in [7, 11) is 1.35. The van der Waals surface area contributed by atoms with Gasteiger partial charge >= 0.3 is 5.97 Å². The molecule has 1 aromatic carbocycles. The van der Waals surface area contributed by atoms with E-state index in [4.69, 9.17) is 10.5 Å². The molecule has 1 heterocycles. The van der Waals surface area contributed by atoms with Gasteiger partial charge in [-0.1, -0.05) is 15.9 Å². The fourth-order valence-electron chi connectivity index (χ4n) is 2.12. The van der Waals surface area contributed by atoms with Crippen molar-refractivity contribution < 1.29 is 14.3 Å². The maximum atomic E-state index is 11.5. The summed E-state index contributed by atoms with van der Waals surface area (Å²) in [5.74, 6) is 0.561. The molecule has 0 radical (unpaired) electrons. The smallest absolute Gasteiger partial charge is 0.324 e. The number of hydrogen-bond donors (Lipinski definition) is 2. The SMILES string of the molecule is COC(=O)C(CN)NCc1cc(Br)cc2c1OCC2. The lowest BCUT2D eigenvalue weighted by molar-refractivity contribution is -0.142. The molecule has 0 bridgehead atoms. The summed E-state index contributed by atoms with van der Waals surface area (Å²) in [5, 5.41) is 3.09. The molecular weight excluding hydrogens is 312 g/mol. The lowest BCUT2D eigenvalue weighted by Gasteiger charge is -2.16. The minimum absolute atomic E-state index is 0.198. The molecule has 5 nitrogen and oxygen atoms in total. The van der Waals surface area contributed by atoms with E-state index in [1.807, 2.05) is 6.07 Å². The standard InChI is InChI=1S/C13H17BrN2O3/c1-18-13(17)11(6-15)16-7-9-5-10(14)4-8-2-3-19-12(8)9/h4-5,11,16H,2-3,6-7,15H2,1H3. The average molecular weight is 329 g/mol. The molecule has 0 saturated carbocycles. The molecule has 6 heteroatoms. The van der Waals surface area contributed by atoms with E-state index in [1.165, 1.54) is 12.7 Å². The van der Waals surface area contributed by atoms with Gasteiger partial charge in [-0.25, -0.2) is 0 Å². The maximum Gasteiger partial charge on any atom is 0.324 e. The molecule has 3 N–H and O–H groups in total. The summed E-state index contributed by atoms with van der Waals surface area (Å²) in [6.07, 6.45) is 0.916. The summed E-state index contributed by atoms with van der Waals surface area (Å²) in [5.41, 5.74) is 7.76. The van der Waals surface area contributed by atoms with Crippen LogP contribution in [0.4, 0.5) is 0 Å². The van der Waals surface area contributed by atoms with Crippen LogP contribution in [0, 0.1) is 0 Å². The van der Waals surface area contributed by atoms with E-state index in [2.05, 4.69) is 32.0 Å². The highest BCUT2D eigenvalue weighted by molar-refractivity contribution is 9.10. The molecule has 19 heavy (non-hydrogen) atoms. The van der Waals surface area contributed by atoms with Gasteiger partial charge in [-0.05, 0) is 17.7 Å². The minimum Gasteiger partial charge on any atom is -0.493 e. The Morgan fingerprint density at radius 3 is 3.11 bits per heavy atom. The number of carbonyl (C=O) groups is 1. The second-order valence-corrected chi connectivity index (χ2v) is 5.26. The third-order valence-corrected chi connectivity index (χ3v) is 3.54. The van der Waals surface area contributed by atoms with Gasteiger partial charge in [-0.15, -0.1) is 0 Å². The van der Waals surface area contributed by atoms with E-state index in [-0.39, 0.29) is 12.5 Å². The molecule has 1 aliphatic rings. The first kappa shape index (κ1) is 14.3. The molecule has 2 rings (SSSR count). The Labute approximate surface area is 120 Å². The monoisotopic (exact) mass is 328 g/mol. The quantitative estimate of drug-likeness (QED) is 0.788. The van der Waals surface area contributed by atoms with Crippen LogP contribution in [0.2, 0.25) is 0 Å². The highest BCUT2D eigenvalue weighted by Crippen LogP contribution is 2.32. The Hall–Kier alpha value is -1.11. The first-order valence-electron chi connectivity index (χ1n) is 6.11. The van der Waals surface area contributed by atoms with Crippen LogP contribution in [0.5, 0.6) is 5.75 Å². The molecule has 0 amide bonds. The summed E-state index contributed by atoms with van der Waals surface area (Å²) < 4.78 is 11.3. The summed E-state index contributed by atoms with van der Waals surface area (Å²) in [4.78, 5) is 11.5. The molecule has 1 aliphatic heterocycles. The number of halogens is 1. The average Bonchev–Trinajstić information content (AvgIpc) is 2.86. The van der Waals surface area contributed by atoms with E-state index in [9.17, 15) is 4.79 Å². The van der Waals surface area contributed by atoms with Crippen molar-refractivity contribution in [3.63, 3.8) is 0 Å². The maximum absolute atomic E-state index is 11.5. The lowest BCUT2D eigenvalue weighted by atomic mass is 10.1. The van der Waals surface area contributed by atoms with Crippen molar-refractivity contribution >= 4 is 21.9 Å². The van der Waals surface area contributed by atoms with E-state index < -0.39 is 6.04 Å². The highest BCUT2D eigenvalue weighted by Gasteiger charge is 2.20. The second-order valence-electron chi connectivity index (χ2n) is 4.34. The molecule has 1 unspecified atom stereocenters. The van der Waals surface area contributed by atoms with Gasteiger partial charge in [0.15, 0.2) is 0 Å². The van der Waals surface area contributed by atoms with Gasteiger partial charge in [-0.3, -0.25) is 10.1 Å². The van der Waals surface area contributed by atoms with Crippen molar-refractivity contribution in [3.8, 4) is 5.75 Å². The zero-order valence-corrected chi connectivity index (χ0v) is 12.3. The van der Waals surface area contributed by atoms with E-state index >= 15 is 0 Å². The van der Waals surface area contributed by atoms with Crippen LogP contribution < -0.4 is 15.8 Å². The van der Waals surface area contributed by atoms with Gasteiger partial charge in [-0.2, -0.15) is 0 Å². The van der Waals surface area contributed by atoms with Gasteiger partial charge in [0.1, 0.15) is 11.8 Å². The largest absolute Gasteiger partial charge is 0.493 e. The fraction of sp³-hybridized carbons (Fsp3) is 0.462. The molecular formula is C13H17BrN2O3. The predicted octanol–water partition coefficient (Wildman–Crippen LogP) is 0.974. The number of nitrogens with one attached hydrogen (secondary N) is 1. The van der Waals surface area contributed by atoms with Crippen molar-refractivity contribution in [2.75, 3.05) is 20.3 Å². The van der Waals surface area contributed by atoms with Gasteiger partial charge in [0.05, 0.1) is 13.7 Å². The van der Waals surface area contributed by atoms with Crippen molar-refractivity contribution in [2.24, 2.45) is 5.73 Å². The lowest BCUT2D eigenvalue weighted by Crippen LogP contribution is -2.43. The van der Waals surface area contributed by atoms with Gasteiger partial charge in [0.2, 0.25) is 0 Å². The predicted molar refractivity (Wildman–Crippen MR) is 75.0 cm³/mol. The number of hydrogen-bond acceptors (Lipinski definition) is 5. The number of methoxy groups -OCH3 is 1. The number of nitrogens with two attached hydrogens (primary N) is 1. The molecule has 0 saturated heterocycles. The summed E-state index contributed by atoms with van der Waals surface area (Å²) in [6.45, 7) is 1.42. The van der Waals surface area contributed by atoms with Gasteiger partial charge in [0, 0.05) is 29.5 Å². The number of esters is 1. The zero-order chi connectivity index (χ0) is 13.8. The molecule has 0 spiro atoms. The molecule has 0 aromatic heterocycles. The van der Waals surface area contributed by atoms with E-state index in [0.717, 1.165) is 22.2 Å². The number of fused-ring (bicyclic) bond motifs is 1. The van der Waals surface area contributed by atoms with Crippen molar-refractivity contribution in [3.05, 3.63) is 27.7 Å². The third-order valence-electron chi connectivity index (χ3n) is 3.09. The molecule has 0 fully saturated rings. The number of ether oxygens (including phenoxy) is 2. The van der Waals surface area contributed by atoms with Crippen LogP contribution in [0.15, 0.2) is 16.6 Å². The van der Waals surface area contributed by atoms with Crippen LogP contribution in [-0.2, 0) is 22.5 Å². The zero-order valence-electron chi connectivity index (χ0n) is 10.7. The van der Waals surface area contributed by atoms with E-state index in [0.29, 0.717) is 13.2 Å². The van der Waals surface area contributed by atoms with Gasteiger partial charge < -0.3 is 15.2 Å². The van der Waals surface area contributed by atoms with Crippen LogP contribution in [0.1, 0.15) is 11.1 Å². The van der Waals surface area contributed by atoms with Crippen molar-refractivity contribution in [1.29, 1.82) is 0 Å². The Morgan fingerprint density at radius 2 is 2.42 bits per heavy atom. The topological polar surface area (TPSA) is 73.6 Å². The normalized spacial score (nSPS) is 14.7. The first-order chi connectivity index (χ1) is 9.15. The molecule has 0 aliphatic carbocycles. The number of benzene rings is 1. The number of carbonyl (C=O) groups excluding carboxylic acids is 1. The summed E-state index contributed by atoms with van der Waals surface area (Å²) in [6, 6.07) is 3.55. The van der Waals surface area contributed by atoms with Crippen LogP contribution in [0.25, 0.3) is 0 Å². The van der Waals surface area contributed by atoms with Crippen LogP contribution in [0.3, 0.4) is 0 Å². The first-order valence-corrected chi connectivity index (χ1v) is 6.90. The number of rotatable bonds is 5. The fourth-order valence-corrected chi connectivity index (χ4v) is 2.67.